The maximum Gasteiger partial charge on any atom is 0.338 e. The molecule has 0 spiro atoms. The maximum absolute atomic E-state index is 14.4. The molecule has 4 aromatic rings. The van der Waals surface area contributed by atoms with Crippen LogP contribution >= 0.6 is 22.9 Å². The van der Waals surface area contributed by atoms with Gasteiger partial charge in [0, 0.05) is 16.3 Å². The van der Waals surface area contributed by atoms with Crippen LogP contribution in [0.15, 0.2) is 71.0 Å². The number of nitrogens with zero attached hydrogens (tertiary/aromatic N) is 1. The topological polar surface area (TPSA) is 140 Å². The van der Waals surface area contributed by atoms with E-state index in [9.17, 15) is 14.4 Å². The molecular formula is C34H32ClN3O8S. The molecule has 11 nitrogen and oxygen atoms in total. The third-order valence-corrected chi connectivity index (χ3v) is 8.80. The molecule has 47 heavy (non-hydrogen) atoms. The van der Waals surface area contributed by atoms with Crippen LogP contribution in [0.4, 0.5) is 5.69 Å². The first-order chi connectivity index (χ1) is 22.7. The number of esters is 1. The van der Waals surface area contributed by atoms with E-state index < -0.39 is 23.4 Å². The highest BCUT2D eigenvalue weighted by molar-refractivity contribution is 7.07. The molecule has 1 unspecified atom stereocenters. The summed E-state index contributed by atoms with van der Waals surface area (Å²) in [6.07, 6.45) is 1.65. The van der Waals surface area contributed by atoms with Crippen molar-refractivity contribution >= 4 is 58.0 Å². The maximum atomic E-state index is 14.4. The fourth-order valence-corrected chi connectivity index (χ4v) is 6.65. The molecule has 0 radical (unpaired) electrons. The van der Waals surface area contributed by atoms with Gasteiger partial charge in [-0.1, -0.05) is 29.8 Å². The second-order valence-electron chi connectivity index (χ2n) is 10.1. The summed E-state index contributed by atoms with van der Waals surface area (Å²) in [7, 11) is 5.96. The van der Waals surface area contributed by atoms with E-state index in [1.54, 1.807) is 73.7 Å². The number of nitrogens with one attached hydrogen (secondary N) is 1. The van der Waals surface area contributed by atoms with E-state index >= 15 is 0 Å². The number of para-hydroxylation sites is 1. The zero-order chi connectivity index (χ0) is 33.8. The number of halogens is 1. The van der Waals surface area contributed by atoms with Crippen LogP contribution in [0.25, 0.3) is 17.5 Å². The highest BCUT2D eigenvalue weighted by Gasteiger charge is 2.41. The summed E-state index contributed by atoms with van der Waals surface area (Å²) in [5.41, 5.74) is 7.59. The Morgan fingerprint density at radius 3 is 2.28 bits per heavy atom. The number of methoxy groups -OCH3 is 4. The van der Waals surface area contributed by atoms with Gasteiger partial charge in [0.25, 0.3) is 11.5 Å². The minimum absolute atomic E-state index is 0.0214. The monoisotopic (exact) mass is 677 g/mol. The van der Waals surface area contributed by atoms with Crippen molar-refractivity contribution < 1.29 is 33.3 Å². The van der Waals surface area contributed by atoms with Crippen molar-refractivity contribution in [3.8, 4) is 23.0 Å². The Labute approximate surface area is 279 Å². The van der Waals surface area contributed by atoms with Gasteiger partial charge in [0.1, 0.15) is 10.5 Å². The molecule has 0 bridgehead atoms. The number of thiazole rings is 1. The average Bonchev–Trinajstić information content (AvgIpc) is 3.40. The minimum atomic E-state index is -1.13. The second kappa shape index (κ2) is 14.1. The first-order valence-corrected chi connectivity index (χ1v) is 15.5. The fourth-order valence-electron chi connectivity index (χ4n) is 5.35. The summed E-state index contributed by atoms with van der Waals surface area (Å²) < 4.78 is 29.1. The molecule has 13 heteroatoms. The highest BCUT2D eigenvalue weighted by atomic mass is 35.5. The van der Waals surface area contributed by atoms with Crippen LogP contribution in [-0.4, -0.2) is 51.5 Å². The van der Waals surface area contributed by atoms with E-state index in [1.807, 2.05) is 0 Å². The standard InChI is InChI=1S/C34H32ClN3O8S/c1-6-46-34(41)27-26(21-8-7-9-23(43-3)29(21)45-5)28(31(39)37-20-13-11-19(35)12-14-20)33-38(30(27)36)32(40)25(47-33)17-18-10-15-22(42-2)24(16-18)44-4/h7-17,26H,6,36H2,1-5H3,(H,37,39)/b25-17+. The molecular weight excluding hydrogens is 646 g/mol. The normalized spacial score (nSPS) is 14.4. The summed E-state index contributed by atoms with van der Waals surface area (Å²) >= 11 is 7.13. The molecule has 2 heterocycles. The number of hydrogen-bond acceptors (Lipinski definition) is 10. The minimum Gasteiger partial charge on any atom is -0.493 e. The number of ether oxygens (including phenoxy) is 5. The Hall–Kier alpha value is -5.20. The number of amides is 1. The zero-order valence-corrected chi connectivity index (χ0v) is 27.8. The molecule has 0 saturated heterocycles. The van der Waals surface area contributed by atoms with Crippen molar-refractivity contribution in [2.75, 3.05) is 40.4 Å². The number of carbonyl (C=O) groups excluding carboxylic acids is 2. The summed E-state index contributed by atoms with van der Waals surface area (Å²) in [5.74, 6) is -1.08. The smallest absolute Gasteiger partial charge is 0.338 e. The number of rotatable bonds is 10. The van der Waals surface area contributed by atoms with E-state index in [0.29, 0.717) is 39.1 Å². The van der Waals surface area contributed by atoms with Crippen molar-refractivity contribution in [2.24, 2.45) is 5.73 Å². The highest BCUT2D eigenvalue weighted by Crippen LogP contribution is 2.45. The third-order valence-electron chi connectivity index (χ3n) is 7.44. The zero-order valence-electron chi connectivity index (χ0n) is 26.2. The van der Waals surface area contributed by atoms with Gasteiger partial charge >= 0.3 is 5.97 Å². The third kappa shape index (κ3) is 6.29. The van der Waals surface area contributed by atoms with Gasteiger partial charge in [-0.05, 0) is 61.0 Å². The summed E-state index contributed by atoms with van der Waals surface area (Å²) in [4.78, 5) is 42.2. The van der Waals surface area contributed by atoms with Gasteiger partial charge in [0.2, 0.25) is 0 Å². The van der Waals surface area contributed by atoms with Crippen LogP contribution in [0.5, 0.6) is 23.0 Å². The Balaban J connectivity index is 1.87. The van der Waals surface area contributed by atoms with Crippen molar-refractivity contribution in [3.05, 3.63) is 102 Å². The molecule has 244 valence electrons. The lowest BCUT2D eigenvalue weighted by Gasteiger charge is -2.29. The molecule has 0 fully saturated rings. The largest absolute Gasteiger partial charge is 0.493 e. The average molecular weight is 678 g/mol. The van der Waals surface area contributed by atoms with Crippen molar-refractivity contribution in [2.45, 2.75) is 12.8 Å². The van der Waals surface area contributed by atoms with E-state index in [2.05, 4.69) is 5.32 Å². The lowest BCUT2D eigenvalue weighted by Crippen LogP contribution is -2.42. The van der Waals surface area contributed by atoms with Gasteiger partial charge in [-0.3, -0.25) is 14.2 Å². The quantitative estimate of drug-likeness (QED) is 0.241. The lowest BCUT2D eigenvalue weighted by molar-refractivity contribution is -0.138. The van der Waals surface area contributed by atoms with E-state index in [4.69, 9.17) is 41.0 Å². The van der Waals surface area contributed by atoms with E-state index in [0.717, 1.165) is 11.3 Å². The van der Waals surface area contributed by atoms with Gasteiger partial charge in [-0.25, -0.2) is 4.79 Å². The predicted octanol–water partition coefficient (Wildman–Crippen LogP) is 3.70. The van der Waals surface area contributed by atoms with Gasteiger partial charge in [-0.2, -0.15) is 0 Å². The molecule has 1 amide bonds. The molecule has 1 atom stereocenters. The number of anilines is 1. The van der Waals surface area contributed by atoms with Gasteiger partial charge in [0.05, 0.1) is 56.6 Å². The first-order valence-electron chi connectivity index (χ1n) is 14.3. The van der Waals surface area contributed by atoms with Crippen molar-refractivity contribution in [3.63, 3.8) is 0 Å². The number of nitrogens with two attached hydrogens (primary N) is 1. The molecule has 1 aliphatic heterocycles. The number of benzene rings is 3. The summed E-state index contributed by atoms with van der Waals surface area (Å²) in [6.45, 7) is 1.67. The summed E-state index contributed by atoms with van der Waals surface area (Å²) in [6, 6.07) is 16.8. The molecule has 1 aliphatic rings. The molecule has 3 aromatic carbocycles. The molecule has 5 rings (SSSR count). The van der Waals surface area contributed by atoms with Crippen molar-refractivity contribution in [1.82, 2.24) is 4.57 Å². The number of fused-ring (bicyclic) bond motifs is 1. The van der Waals surface area contributed by atoms with Crippen LogP contribution in [0.1, 0.15) is 24.0 Å². The Morgan fingerprint density at radius 2 is 1.64 bits per heavy atom. The van der Waals surface area contributed by atoms with Crippen LogP contribution in [0.3, 0.4) is 0 Å². The van der Waals surface area contributed by atoms with Crippen LogP contribution in [-0.2, 0) is 14.3 Å². The first kappa shape index (κ1) is 33.2. The Bertz CT molecular complexity index is 2070. The SMILES string of the molecule is CCOC(=O)C1=C(N)n2c(s/c(=C/c3ccc(OC)c(OC)c3)c2=O)=C(C(=O)Nc2ccc(Cl)cc2)C1c1cccc(OC)c1OC. The van der Waals surface area contributed by atoms with E-state index in [1.165, 1.54) is 33.0 Å². The fraction of sp³-hybridized carbons (Fsp3) is 0.206. The molecule has 1 aromatic heterocycles. The van der Waals surface area contributed by atoms with Crippen molar-refractivity contribution in [1.29, 1.82) is 0 Å². The Morgan fingerprint density at radius 1 is 0.936 bits per heavy atom. The van der Waals surface area contributed by atoms with Crippen LogP contribution in [0, 0.1) is 0 Å². The Kier molecular flexibility index (Phi) is 9.92. The molecule has 0 aliphatic carbocycles. The van der Waals surface area contributed by atoms with Gasteiger partial charge < -0.3 is 34.7 Å². The van der Waals surface area contributed by atoms with Gasteiger partial charge in [-0.15, -0.1) is 11.3 Å². The second-order valence-corrected chi connectivity index (χ2v) is 11.5. The summed E-state index contributed by atoms with van der Waals surface area (Å²) in [5, 5.41) is 3.37. The predicted molar refractivity (Wildman–Crippen MR) is 181 cm³/mol. The lowest BCUT2D eigenvalue weighted by atomic mass is 9.82. The van der Waals surface area contributed by atoms with Gasteiger partial charge in [0.15, 0.2) is 23.0 Å². The number of hydrogen-bond donors (Lipinski definition) is 2. The van der Waals surface area contributed by atoms with Crippen LogP contribution in [0.2, 0.25) is 5.02 Å². The van der Waals surface area contributed by atoms with Crippen LogP contribution < -0.4 is 44.8 Å². The number of carbonyl (C=O) groups is 2. The molecule has 3 N–H and O–H groups in total. The number of aromatic nitrogens is 1. The molecule has 0 saturated carbocycles. The van der Waals surface area contributed by atoms with E-state index in [-0.39, 0.29) is 38.5 Å².